The van der Waals surface area contributed by atoms with Gasteiger partial charge in [0.25, 0.3) is 0 Å². The van der Waals surface area contributed by atoms with Gasteiger partial charge in [0.15, 0.2) is 9.84 Å². The molecule has 0 atom stereocenters. The summed E-state index contributed by atoms with van der Waals surface area (Å²) in [4.78, 5) is 16.1. The van der Waals surface area contributed by atoms with Crippen LogP contribution in [0.4, 0.5) is 0 Å². The van der Waals surface area contributed by atoms with Crippen molar-refractivity contribution in [3.8, 4) is 0 Å². The number of carbonyl (C=O) groups is 1. The molecule has 1 aromatic carbocycles. The summed E-state index contributed by atoms with van der Waals surface area (Å²) in [5.41, 5.74) is 2.12. The van der Waals surface area contributed by atoms with Crippen molar-refractivity contribution in [2.45, 2.75) is 31.1 Å². The Bertz CT molecular complexity index is 757. The number of benzene rings is 1. The minimum atomic E-state index is -3.41. The summed E-state index contributed by atoms with van der Waals surface area (Å²) < 4.78 is 24.4. The molecule has 24 heavy (non-hydrogen) atoms. The standard InChI is InChI=1S/C18H22N2O3S/c1-15-6-8-17(9-7-15)24(22,23)13-10-18(21)20-12-3-5-16-4-2-11-19-14-16/h2,4,6-9,11,14H,3,5,10,12-13H2,1H3,(H,20,21). The van der Waals surface area contributed by atoms with Crippen molar-refractivity contribution < 1.29 is 13.2 Å². The van der Waals surface area contributed by atoms with Crippen LogP contribution >= 0.6 is 0 Å². The number of sulfone groups is 1. The number of amides is 1. The van der Waals surface area contributed by atoms with Gasteiger partial charge in [-0.05, 0) is 43.5 Å². The third kappa shape index (κ3) is 5.77. The smallest absolute Gasteiger partial charge is 0.221 e. The summed E-state index contributed by atoms with van der Waals surface area (Å²) in [5, 5.41) is 2.76. The number of pyridine rings is 1. The van der Waals surface area contributed by atoms with E-state index < -0.39 is 9.84 Å². The van der Waals surface area contributed by atoms with Crippen LogP contribution in [-0.2, 0) is 21.1 Å². The van der Waals surface area contributed by atoms with Crippen molar-refractivity contribution in [2.75, 3.05) is 12.3 Å². The Morgan fingerprint density at radius 3 is 2.58 bits per heavy atom. The fourth-order valence-electron chi connectivity index (χ4n) is 2.25. The number of hydrogen-bond acceptors (Lipinski definition) is 4. The van der Waals surface area contributed by atoms with Crippen LogP contribution in [0.1, 0.15) is 24.0 Å². The maximum Gasteiger partial charge on any atom is 0.221 e. The Labute approximate surface area is 143 Å². The Morgan fingerprint density at radius 2 is 1.92 bits per heavy atom. The largest absolute Gasteiger partial charge is 0.356 e. The molecule has 128 valence electrons. The second-order valence-electron chi connectivity index (χ2n) is 5.70. The van der Waals surface area contributed by atoms with Crippen LogP contribution in [0.3, 0.4) is 0 Å². The molecule has 0 saturated heterocycles. The molecule has 0 spiro atoms. The average Bonchev–Trinajstić information content (AvgIpc) is 2.58. The molecule has 0 fully saturated rings. The number of rotatable bonds is 8. The first-order valence-electron chi connectivity index (χ1n) is 7.92. The van der Waals surface area contributed by atoms with Crippen LogP contribution < -0.4 is 5.32 Å². The average molecular weight is 346 g/mol. The van der Waals surface area contributed by atoms with Gasteiger partial charge >= 0.3 is 0 Å². The molecule has 0 aliphatic heterocycles. The van der Waals surface area contributed by atoms with Crippen molar-refractivity contribution in [3.63, 3.8) is 0 Å². The Hall–Kier alpha value is -2.21. The number of nitrogens with zero attached hydrogens (tertiary/aromatic N) is 1. The van der Waals surface area contributed by atoms with E-state index in [4.69, 9.17) is 0 Å². The fraction of sp³-hybridized carbons (Fsp3) is 0.333. The van der Waals surface area contributed by atoms with Gasteiger partial charge in [-0.25, -0.2) is 8.42 Å². The zero-order valence-corrected chi connectivity index (χ0v) is 14.6. The topological polar surface area (TPSA) is 76.1 Å². The summed E-state index contributed by atoms with van der Waals surface area (Å²) >= 11 is 0. The predicted octanol–water partition coefficient (Wildman–Crippen LogP) is 2.30. The maximum absolute atomic E-state index is 12.2. The normalized spacial score (nSPS) is 11.2. The van der Waals surface area contributed by atoms with Crippen molar-refractivity contribution >= 4 is 15.7 Å². The molecule has 0 saturated carbocycles. The van der Waals surface area contributed by atoms with Crippen LogP contribution in [-0.4, -0.2) is 31.6 Å². The van der Waals surface area contributed by atoms with Crippen LogP contribution in [0.2, 0.25) is 0 Å². The van der Waals surface area contributed by atoms with Gasteiger partial charge in [-0.15, -0.1) is 0 Å². The summed E-state index contributed by atoms with van der Waals surface area (Å²) in [6.45, 7) is 2.42. The van der Waals surface area contributed by atoms with Crippen LogP contribution in [0.5, 0.6) is 0 Å². The molecular weight excluding hydrogens is 324 g/mol. The maximum atomic E-state index is 12.2. The van der Waals surface area contributed by atoms with Crippen LogP contribution in [0, 0.1) is 6.92 Å². The van der Waals surface area contributed by atoms with E-state index >= 15 is 0 Å². The SMILES string of the molecule is Cc1ccc(S(=O)(=O)CCC(=O)NCCCc2cccnc2)cc1. The van der Waals surface area contributed by atoms with E-state index in [1.807, 2.05) is 19.1 Å². The van der Waals surface area contributed by atoms with E-state index in [0.29, 0.717) is 6.54 Å². The second-order valence-corrected chi connectivity index (χ2v) is 7.81. The van der Waals surface area contributed by atoms with Crippen molar-refractivity contribution in [1.29, 1.82) is 0 Å². The van der Waals surface area contributed by atoms with E-state index in [1.54, 1.807) is 36.7 Å². The first-order valence-corrected chi connectivity index (χ1v) is 9.57. The predicted molar refractivity (Wildman–Crippen MR) is 93.4 cm³/mol. The fourth-order valence-corrected chi connectivity index (χ4v) is 3.49. The van der Waals surface area contributed by atoms with Crippen molar-refractivity contribution in [1.82, 2.24) is 10.3 Å². The molecule has 6 heteroatoms. The lowest BCUT2D eigenvalue weighted by Crippen LogP contribution is -2.26. The molecule has 1 amide bonds. The van der Waals surface area contributed by atoms with Gasteiger partial charge in [-0.1, -0.05) is 23.8 Å². The first-order chi connectivity index (χ1) is 11.5. The lowest BCUT2D eigenvalue weighted by atomic mass is 10.1. The Balaban J connectivity index is 1.71. The van der Waals surface area contributed by atoms with Gasteiger partial charge in [-0.3, -0.25) is 9.78 Å². The quantitative estimate of drug-likeness (QED) is 0.744. The number of aromatic nitrogens is 1. The van der Waals surface area contributed by atoms with E-state index in [0.717, 1.165) is 24.0 Å². The number of nitrogens with one attached hydrogen (secondary N) is 1. The highest BCUT2D eigenvalue weighted by Gasteiger charge is 2.16. The molecule has 0 aliphatic rings. The highest BCUT2D eigenvalue weighted by Crippen LogP contribution is 2.13. The van der Waals surface area contributed by atoms with Crippen LogP contribution in [0.25, 0.3) is 0 Å². The number of carbonyl (C=O) groups excluding carboxylic acids is 1. The third-order valence-corrected chi connectivity index (χ3v) is 5.40. The van der Waals surface area contributed by atoms with Gasteiger partial charge in [-0.2, -0.15) is 0 Å². The highest BCUT2D eigenvalue weighted by atomic mass is 32.2. The summed E-state index contributed by atoms with van der Waals surface area (Å²) in [5.74, 6) is -0.415. The van der Waals surface area contributed by atoms with E-state index in [9.17, 15) is 13.2 Å². The molecule has 0 radical (unpaired) electrons. The van der Waals surface area contributed by atoms with E-state index in [1.165, 1.54) is 0 Å². The number of hydrogen-bond donors (Lipinski definition) is 1. The zero-order chi connectivity index (χ0) is 17.4. The zero-order valence-electron chi connectivity index (χ0n) is 13.7. The lowest BCUT2D eigenvalue weighted by Gasteiger charge is -2.07. The highest BCUT2D eigenvalue weighted by molar-refractivity contribution is 7.91. The van der Waals surface area contributed by atoms with E-state index in [2.05, 4.69) is 10.3 Å². The van der Waals surface area contributed by atoms with Gasteiger partial charge in [0.1, 0.15) is 0 Å². The molecule has 5 nitrogen and oxygen atoms in total. The molecule has 0 bridgehead atoms. The molecule has 0 aliphatic carbocycles. The molecule has 2 aromatic rings. The summed E-state index contributed by atoms with van der Waals surface area (Å²) in [7, 11) is -3.41. The Kier molecular flexibility index (Phi) is 6.49. The van der Waals surface area contributed by atoms with Gasteiger partial charge in [0.2, 0.25) is 5.91 Å². The Morgan fingerprint density at radius 1 is 1.17 bits per heavy atom. The molecular formula is C18H22N2O3S. The minimum absolute atomic E-state index is 0.0247. The first kappa shape index (κ1) is 18.1. The minimum Gasteiger partial charge on any atom is -0.356 e. The second kappa shape index (κ2) is 8.59. The third-order valence-electron chi connectivity index (χ3n) is 3.67. The van der Waals surface area contributed by atoms with Crippen LogP contribution in [0.15, 0.2) is 53.7 Å². The molecule has 1 N–H and O–H groups in total. The summed E-state index contributed by atoms with van der Waals surface area (Å²) in [6.07, 6.45) is 5.12. The molecule has 0 unspecified atom stereocenters. The summed E-state index contributed by atoms with van der Waals surface area (Å²) in [6, 6.07) is 10.5. The molecule has 1 aromatic heterocycles. The lowest BCUT2D eigenvalue weighted by molar-refractivity contribution is -0.120. The van der Waals surface area contributed by atoms with Crippen molar-refractivity contribution in [3.05, 3.63) is 59.9 Å². The van der Waals surface area contributed by atoms with Gasteiger partial charge < -0.3 is 5.32 Å². The monoisotopic (exact) mass is 346 g/mol. The number of aryl methyl sites for hydroxylation is 2. The van der Waals surface area contributed by atoms with E-state index in [-0.39, 0.29) is 23.0 Å². The van der Waals surface area contributed by atoms with Gasteiger partial charge in [0, 0.05) is 25.4 Å². The molecule has 2 rings (SSSR count). The molecule has 1 heterocycles. The van der Waals surface area contributed by atoms with Crippen molar-refractivity contribution in [2.24, 2.45) is 0 Å². The van der Waals surface area contributed by atoms with Gasteiger partial charge in [0.05, 0.1) is 10.6 Å².